The molecule has 1 saturated heterocycles. The van der Waals surface area contributed by atoms with Crippen LogP contribution in [-0.4, -0.2) is 42.2 Å². The smallest absolute Gasteiger partial charge is 0.255 e. The maximum atomic E-state index is 12.8. The Hall–Kier alpha value is -3.45. The van der Waals surface area contributed by atoms with Crippen molar-refractivity contribution in [2.75, 3.05) is 31.2 Å². The Labute approximate surface area is 187 Å². The summed E-state index contributed by atoms with van der Waals surface area (Å²) in [6.07, 6.45) is 0.540. The van der Waals surface area contributed by atoms with Crippen LogP contribution in [0.25, 0.3) is 0 Å². The number of anilines is 1. The first-order valence-electron chi connectivity index (χ1n) is 10.9. The molecule has 2 aromatic carbocycles. The van der Waals surface area contributed by atoms with E-state index in [1.807, 2.05) is 72.5 Å². The first-order valence-corrected chi connectivity index (χ1v) is 10.9. The quantitative estimate of drug-likeness (QED) is 0.600. The number of nitrogens with one attached hydrogen (secondary N) is 2. The largest absolute Gasteiger partial charge is 0.378 e. The van der Waals surface area contributed by atoms with Crippen molar-refractivity contribution in [2.24, 2.45) is 0 Å². The van der Waals surface area contributed by atoms with Crippen LogP contribution in [0, 0.1) is 6.92 Å². The number of aryl methyl sites for hydroxylation is 1. The van der Waals surface area contributed by atoms with Crippen LogP contribution in [0.4, 0.5) is 5.95 Å². The Morgan fingerprint density at radius 1 is 1.06 bits per heavy atom. The topological polar surface area (TPSA) is 87.3 Å². The molecule has 1 aliphatic rings. The minimum absolute atomic E-state index is 0.112. The molecule has 1 amide bonds. The van der Waals surface area contributed by atoms with Gasteiger partial charge in [-0.1, -0.05) is 60.7 Å². The van der Waals surface area contributed by atoms with Gasteiger partial charge in [0, 0.05) is 30.8 Å². The predicted octanol–water partition coefficient (Wildman–Crippen LogP) is 2.75. The molecule has 0 atom stereocenters. The summed E-state index contributed by atoms with van der Waals surface area (Å²) in [5.74, 6) is 0.455. The number of ether oxygens (including phenoxy) is 1. The molecule has 4 rings (SSSR count). The lowest BCUT2D eigenvalue weighted by Gasteiger charge is -2.27. The molecule has 32 heavy (non-hydrogen) atoms. The van der Waals surface area contributed by atoms with E-state index in [1.165, 1.54) is 0 Å². The second-order valence-corrected chi connectivity index (χ2v) is 7.87. The van der Waals surface area contributed by atoms with Crippen molar-refractivity contribution in [3.8, 4) is 0 Å². The summed E-state index contributed by atoms with van der Waals surface area (Å²) in [5.41, 5.74) is 3.04. The van der Waals surface area contributed by atoms with Gasteiger partial charge in [0.05, 0.1) is 19.3 Å². The highest BCUT2D eigenvalue weighted by Gasteiger charge is 2.19. The lowest BCUT2D eigenvalue weighted by atomic mass is 9.98. The van der Waals surface area contributed by atoms with Crippen LogP contribution in [-0.2, 0) is 16.0 Å². The summed E-state index contributed by atoms with van der Waals surface area (Å²) in [6.45, 7) is 4.46. The second-order valence-electron chi connectivity index (χ2n) is 7.87. The highest BCUT2D eigenvalue weighted by atomic mass is 16.5. The van der Waals surface area contributed by atoms with E-state index in [1.54, 1.807) is 0 Å². The number of hydrogen-bond donors (Lipinski definition) is 2. The zero-order chi connectivity index (χ0) is 22.3. The van der Waals surface area contributed by atoms with E-state index in [4.69, 9.17) is 4.74 Å². The fourth-order valence-electron chi connectivity index (χ4n) is 3.94. The highest BCUT2D eigenvalue weighted by Crippen LogP contribution is 2.22. The SMILES string of the molecule is Cc1nc(N2CCOCC2)[nH]c(=O)c1CCC(=O)NC(c1ccccc1)c1ccccc1. The summed E-state index contributed by atoms with van der Waals surface area (Å²) in [6, 6.07) is 19.5. The molecule has 0 unspecified atom stereocenters. The van der Waals surface area contributed by atoms with Crippen molar-refractivity contribution in [1.29, 1.82) is 0 Å². The van der Waals surface area contributed by atoms with Crippen LogP contribution in [0.2, 0.25) is 0 Å². The fraction of sp³-hybridized carbons (Fsp3) is 0.320. The van der Waals surface area contributed by atoms with E-state index in [0.29, 0.717) is 49.9 Å². The average Bonchev–Trinajstić information content (AvgIpc) is 2.83. The van der Waals surface area contributed by atoms with Gasteiger partial charge in [0.2, 0.25) is 11.9 Å². The Morgan fingerprint density at radius 2 is 1.66 bits per heavy atom. The van der Waals surface area contributed by atoms with Crippen LogP contribution in [0.5, 0.6) is 0 Å². The zero-order valence-electron chi connectivity index (χ0n) is 18.2. The van der Waals surface area contributed by atoms with E-state index < -0.39 is 0 Å². The number of benzene rings is 2. The van der Waals surface area contributed by atoms with Crippen LogP contribution in [0.15, 0.2) is 65.5 Å². The first kappa shape index (κ1) is 21.8. The Morgan fingerprint density at radius 3 is 2.22 bits per heavy atom. The van der Waals surface area contributed by atoms with Gasteiger partial charge in [0.15, 0.2) is 0 Å². The third-order valence-electron chi connectivity index (χ3n) is 5.69. The average molecular weight is 433 g/mol. The minimum atomic E-state index is -0.244. The molecule has 1 aromatic heterocycles. The number of carbonyl (C=O) groups excluding carboxylic acids is 1. The zero-order valence-corrected chi connectivity index (χ0v) is 18.2. The number of aromatic amines is 1. The van der Waals surface area contributed by atoms with Crippen LogP contribution >= 0.6 is 0 Å². The van der Waals surface area contributed by atoms with Gasteiger partial charge in [-0.3, -0.25) is 14.6 Å². The number of morpholine rings is 1. The van der Waals surface area contributed by atoms with Crippen molar-refractivity contribution < 1.29 is 9.53 Å². The van der Waals surface area contributed by atoms with E-state index in [2.05, 4.69) is 15.3 Å². The molecule has 2 heterocycles. The van der Waals surface area contributed by atoms with Crippen LogP contribution in [0.1, 0.15) is 34.8 Å². The third-order valence-corrected chi connectivity index (χ3v) is 5.69. The van der Waals surface area contributed by atoms with Crippen molar-refractivity contribution >= 4 is 11.9 Å². The molecule has 0 radical (unpaired) electrons. The second kappa shape index (κ2) is 10.2. The van der Waals surface area contributed by atoms with Gasteiger partial charge in [-0.05, 0) is 24.5 Å². The molecule has 166 valence electrons. The molecule has 1 fully saturated rings. The number of aromatic nitrogens is 2. The van der Waals surface area contributed by atoms with E-state index in [0.717, 1.165) is 11.1 Å². The van der Waals surface area contributed by atoms with Crippen LogP contribution < -0.4 is 15.8 Å². The van der Waals surface area contributed by atoms with Crippen molar-refractivity contribution in [1.82, 2.24) is 15.3 Å². The molecular formula is C25H28N4O3. The molecule has 0 spiro atoms. The Balaban J connectivity index is 1.45. The lowest BCUT2D eigenvalue weighted by Crippen LogP contribution is -2.38. The number of H-pyrrole nitrogens is 1. The normalized spacial score (nSPS) is 13.9. The van der Waals surface area contributed by atoms with E-state index in [-0.39, 0.29) is 23.9 Å². The highest BCUT2D eigenvalue weighted by molar-refractivity contribution is 5.77. The summed E-state index contributed by atoms with van der Waals surface area (Å²) < 4.78 is 5.36. The Kier molecular flexibility index (Phi) is 6.97. The maximum Gasteiger partial charge on any atom is 0.255 e. The molecule has 0 aliphatic carbocycles. The summed E-state index contributed by atoms with van der Waals surface area (Å²) in [7, 11) is 0. The van der Waals surface area contributed by atoms with Gasteiger partial charge in [-0.2, -0.15) is 0 Å². The standard InChI is InChI=1S/C25H28N4O3/c1-18-21(24(31)28-25(26-18)29-14-16-32-17-15-29)12-13-22(30)27-23(19-8-4-2-5-9-19)20-10-6-3-7-11-20/h2-11,23H,12-17H2,1H3,(H,27,30)(H,26,28,31). The molecule has 1 aliphatic heterocycles. The third kappa shape index (κ3) is 5.23. The molecule has 7 nitrogen and oxygen atoms in total. The van der Waals surface area contributed by atoms with Gasteiger partial charge in [-0.15, -0.1) is 0 Å². The predicted molar refractivity (Wildman–Crippen MR) is 124 cm³/mol. The Bertz CT molecular complexity index is 1050. The number of rotatable bonds is 7. The van der Waals surface area contributed by atoms with Crippen molar-refractivity contribution in [2.45, 2.75) is 25.8 Å². The van der Waals surface area contributed by atoms with Gasteiger partial charge < -0.3 is 15.0 Å². The molecule has 0 bridgehead atoms. The van der Waals surface area contributed by atoms with Gasteiger partial charge in [0.1, 0.15) is 0 Å². The molecule has 0 saturated carbocycles. The van der Waals surface area contributed by atoms with E-state index >= 15 is 0 Å². The van der Waals surface area contributed by atoms with E-state index in [9.17, 15) is 9.59 Å². The number of amides is 1. The number of carbonyl (C=O) groups is 1. The summed E-state index contributed by atoms with van der Waals surface area (Å²) in [5, 5.41) is 3.13. The number of nitrogens with zero attached hydrogens (tertiary/aromatic N) is 2. The van der Waals surface area contributed by atoms with Crippen molar-refractivity contribution in [3.05, 3.63) is 93.4 Å². The number of hydrogen-bond acceptors (Lipinski definition) is 5. The van der Waals surface area contributed by atoms with Gasteiger partial charge in [-0.25, -0.2) is 4.98 Å². The monoisotopic (exact) mass is 432 g/mol. The summed E-state index contributed by atoms with van der Waals surface area (Å²) in [4.78, 5) is 35.0. The van der Waals surface area contributed by atoms with Gasteiger partial charge >= 0.3 is 0 Å². The van der Waals surface area contributed by atoms with Gasteiger partial charge in [0.25, 0.3) is 5.56 Å². The summed E-state index contributed by atoms with van der Waals surface area (Å²) >= 11 is 0. The molecule has 2 N–H and O–H groups in total. The van der Waals surface area contributed by atoms with Crippen molar-refractivity contribution in [3.63, 3.8) is 0 Å². The minimum Gasteiger partial charge on any atom is -0.378 e. The van der Waals surface area contributed by atoms with Crippen LogP contribution in [0.3, 0.4) is 0 Å². The maximum absolute atomic E-state index is 12.8. The lowest BCUT2D eigenvalue weighted by molar-refractivity contribution is -0.121. The molecule has 3 aromatic rings. The first-order chi connectivity index (χ1) is 15.6. The molecule has 7 heteroatoms. The fourth-order valence-corrected chi connectivity index (χ4v) is 3.94. The molecular weight excluding hydrogens is 404 g/mol.